The molecule has 0 aliphatic rings. The molecule has 1 rings (SSSR count). The van der Waals surface area contributed by atoms with Crippen LogP contribution in [0.15, 0.2) is 24.3 Å². The minimum atomic E-state index is -4.97. The smallest absolute Gasteiger partial charge is 0.454 e. The number of carbonyl (C=O) groups is 1. The van der Waals surface area contributed by atoms with E-state index in [0.717, 1.165) is 5.56 Å². The average Bonchev–Trinajstić information content (AvgIpc) is 2.15. The molecular formula is C12H11F3O2. The van der Waals surface area contributed by atoms with Crippen LogP contribution in [-0.4, -0.2) is 17.1 Å². The Hall–Kier alpha value is -1.78. The van der Waals surface area contributed by atoms with Gasteiger partial charge in [0, 0.05) is 11.6 Å². The highest BCUT2D eigenvalue weighted by Crippen LogP contribution is 2.22. The Morgan fingerprint density at radius 2 is 1.88 bits per heavy atom. The molecule has 0 heterocycles. The molecule has 0 radical (unpaired) electrons. The zero-order valence-corrected chi connectivity index (χ0v) is 9.30. The third-order valence-electron chi connectivity index (χ3n) is 2.21. The molecule has 0 aromatic heterocycles. The van der Waals surface area contributed by atoms with Gasteiger partial charge in [0.2, 0.25) is 0 Å². The van der Waals surface area contributed by atoms with Crippen molar-refractivity contribution in [1.82, 2.24) is 0 Å². The van der Waals surface area contributed by atoms with Crippen LogP contribution in [0.2, 0.25) is 0 Å². The quantitative estimate of drug-likeness (QED) is 0.640. The minimum absolute atomic E-state index is 0.192. The molecule has 0 unspecified atom stereocenters. The molecule has 1 aromatic carbocycles. The van der Waals surface area contributed by atoms with Gasteiger partial charge in [0.25, 0.3) is 5.78 Å². The number of carbonyl (C=O) groups excluding carboxylic acids is 1. The van der Waals surface area contributed by atoms with E-state index in [-0.39, 0.29) is 11.6 Å². The first-order valence-corrected chi connectivity index (χ1v) is 4.81. The summed E-state index contributed by atoms with van der Waals surface area (Å²) in [7, 11) is 0. The number of halogens is 3. The van der Waals surface area contributed by atoms with E-state index in [1.54, 1.807) is 19.1 Å². The van der Waals surface area contributed by atoms with Gasteiger partial charge >= 0.3 is 6.18 Å². The van der Waals surface area contributed by atoms with E-state index in [1.165, 1.54) is 6.07 Å². The highest BCUT2D eigenvalue weighted by molar-refractivity contribution is 5.99. The Bertz CT molecular complexity index is 473. The van der Waals surface area contributed by atoms with Crippen LogP contribution in [0, 0.1) is 13.8 Å². The fraction of sp³-hybridized carbons (Fsp3) is 0.250. The molecule has 5 heteroatoms. The number of rotatable bonds is 2. The number of benzene rings is 1. The van der Waals surface area contributed by atoms with Gasteiger partial charge in [0.15, 0.2) is 0 Å². The van der Waals surface area contributed by atoms with E-state index in [0.29, 0.717) is 5.56 Å². The maximum atomic E-state index is 12.0. The van der Waals surface area contributed by atoms with Gasteiger partial charge in [-0.25, -0.2) is 0 Å². The molecule has 0 saturated heterocycles. The number of hydrogen-bond acceptors (Lipinski definition) is 2. The number of ketones is 1. The lowest BCUT2D eigenvalue weighted by Gasteiger charge is -2.06. The molecule has 17 heavy (non-hydrogen) atoms. The molecule has 0 aliphatic heterocycles. The molecule has 0 saturated carbocycles. The van der Waals surface area contributed by atoms with Crippen molar-refractivity contribution in [3.8, 4) is 0 Å². The summed E-state index contributed by atoms with van der Waals surface area (Å²) in [5.74, 6) is -2.75. The maximum absolute atomic E-state index is 12.0. The summed E-state index contributed by atoms with van der Waals surface area (Å²) >= 11 is 0. The average molecular weight is 244 g/mol. The van der Waals surface area contributed by atoms with E-state index >= 15 is 0 Å². The van der Waals surface area contributed by atoms with Crippen molar-refractivity contribution >= 4 is 11.5 Å². The van der Waals surface area contributed by atoms with Crippen molar-refractivity contribution in [2.24, 2.45) is 0 Å². The van der Waals surface area contributed by atoms with Crippen molar-refractivity contribution in [2.75, 3.05) is 0 Å². The fourth-order valence-electron chi connectivity index (χ4n) is 1.38. The second kappa shape index (κ2) is 4.61. The topological polar surface area (TPSA) is 37.3 Å². The first-order chi connectivity index (χ1) is 7.71. The molecule has 2 nitrogen and oxygen atoms in total. The molecule has 0 fully saturated rings. The van der Waals surface area contributed by atoms with Crippen molar-refractivity contribution < 1.29 is 23.1 Å². The summed E-state index contributed by atoms with van der Waals surface area (Å²) in [5.41, 5.74) is 1.74. The predicted octanol–water partition coefficient (Wildman–Crippen LogP) is 3.33. The lowest BCUT2D eigenvalue weighted by atomic mass is 10.0. The monoisotopic (exact) mass is 244 g/mol. The summed E-state index contributed by atoms with van der Waals surface area (Å²) in [5, 5.41) is 9.47. The van der Waals surface area contributed by atoms with Gasteiger partial charge in [-0.05, 0) is 19.4 Å². The summed E-state index contributed by atoms with van der Waals surface area (Å²) in [6, 6.07) is 4.82. The van der Waals surface area contributed by atoms with Gasteiger partial charge in [0.1, 0.15) is 5.76 Å². The number of aliphatic hydroxyl groups is 1. The van der Waals surface area contributed by atoms with Gasteiger partial charge in [-0.1, -0.05) is 23.8 Å². The molecule has 1 aromatic rings. The number of allylic oxidation sites excluding steroid dienone is 1. The summed E-state index contributed by atoms with van der Waals surface area (Å²) < 4.78 is 36.0. The van der Waals surface area contributed by atoms with E-state index in [9.17, 15) is 23.1 Å². The Kier molecular flexibility index (Phi) is 3.60. The summed E-state index contributed by atoms with van der Waals surface area (Å²) in [4.78, 5) is 10.7. The fourth-order valence-corrected chi connectivity index (χ4v) is 1.38. The van der Waals surface area contributed by atoms with Crippen molar-refractivity contribution in [1.29, 1.82) is 0 Å². The first kappa shape index (κ1) is 13.3. The van der Waals surface area contributed by atoms with Gasteiger partial charge in [0.05, 0.1) is 0 Å². The van der Waals surface area contributed by atoms with E-state index in [2.05, 4.69) is 0 Å². The van der Waals surface area contributed by atoms with E-state index in [1.807, 2.05) is 6.92 Å². The van der Waals surface area contributed by atoms with Crippen LogP contribution in [0.25, 0.3) is 5.76 Å². The largest absolute Gasteiger partial charge is 0.507 e. The Balaban J connectivity index is 3.09. The standard InChI is InChI=1S/C12H11F3O2/c1-7-3-4-9(8(2)5-7)10(16)6-11(17)12(13,14)15/h3-6,16H,1-2H3. The molecule has 92 valence electrons. The maximum Gasteiger partial charge on any atom is 0.454 e. The third kappa shape index (κ3) is 3.34. The van der Waals surface area contributed by atoms with Gasteiger partial charge < -0.3 is 5.11 Å². The van der Waals surface area contributed by atoms with Crippen molar-refractivity contribution in [2.45, 2.75) is 20.0 Å². The van der Waals surface area contributed by atoms with Gasteiger partial charge in [-0.3, -0.25) is 4.79 Å². The van der Waals surface area contributed by atoms with Crippen LogP contribution < -0.4 is 0 Å². The highest BCUT2D eigenvalue weighted by Gasteiger charge is 2.37. The second-order valence-corrected chi connectivity index (χ2v) is 3.71. The number of aliphatic hydroxyl groups excluding tert-OH is 1. The molecule has 0 bridgehead atoms. The molecular weight excluding hydrogens is 233 g/mol. The van der Waals surface area contributed by atoms with Gasteiger partial charge in [-0.2, -0.15) is 13.2 Å². The molecule has 1 N–H and O–H groups in total. The summed E-state index contributed by atoms with van der Waals surface area (Å²) in [6.45, 7) is 3.46. The lowest BCUT2D eigenvalue weighted by Crippen LogP contribution is -2.20. The molecule has 0 atom stereocenters. The normalized spacial score (nSPS) is 12.6. The van der Waals surface area contributed by atoms with Crippen LogP contribution in [0.4, 0.5) is 13.2 Å². The Morgan fingerprint density at radius 3 is 2.35 bits per heavy atom. The summed E-state index contributed by atoms with van der Waals surface area (Å²) in [6.07, 6.45) is -4.77. The van der Waals surface area contributed by atoms with Crippen molar-refractivity contribution in [3.63, 3.8) is 0 Å². The van der Waals surface area contributed by atoms with Crippen LogP contribution in [-0.2, 0) is 4.79 Å². The number of hydrogen-bond donors (Lipinski definition) is 1. The van der Waals surface area contributed by atoms with Crippen molar-refractivity contribution in [3.05, 3.63) is 41.0 Å². The van der Waals surface area contributed by atoms with Crippen LogP contribution in [0.3, 0.4) is 0 Å². The second-order valence-electron chi connectivity index (χ2n) is 3.71. The zero-order chi connectivity index (χ0) is 13.2. The van der Waals surface area contributed by atoms with Gasteiger partial charge in [-0.15, -0.1) is 0 Å². The number of aryl methyl sites for hydroxylation is 2. The molecule has 0 spiro atoms. The number of alkyl halides is 3. The predicted molar refractivity (Wildman–Crippen MR) is 57.6 cm³/mol. The van der Waals surface area contributed by atoms with Crippen LogP contribution in [0.5, 0.6) is 0 Å². The Morgan fingerprint density at radius 1 is 1.29 bits per heavy atom. The van der Waals surface area contributed by atoms with Crippen LogP contribution >= 0.6 is 0 Å². The van der Waals surface area contributed by atoms with Crippen LogP contribution in [0.1, 0.15) is 16.7 Å². The molecule has 0 aliphatic carbocycles. The SMILES string of the molecule is Cc1ccc(C(O)=CC(=O)C(F)(F)F)c(C)c1. The molecule has 0 amide bonds. The Labute approximate surface area is 96.4 Å². The van der Waals surface area contributed by atoms with E-state index in [4.69, 9.17) is 0 Å². The minimum Gasteiger partial charge on any atom is -0.507 e. The lowest BCUT2D eigenvalue weighted by molar-refractivity contribution is -0.165. The first-order valence-electron chi connectivity index (χ1n) is 4.81. The highest BCUT2D eigenvalue weighted by atomic mass is 19.4. The zero-order valence-electron chi connectivity index (χ0n) is 9.30. The third-order valence-corrected chi connectivity index (χ3v) is 2.21. The van der Waals surface area contributed by atoms with E-state index < -0.39 is 17.7 Å².